The molecule has 1 aromatic heterocycles. The van der Waals surface area contributed by atoms with Crippen LogP contribution in [0, 0.1) is 5.82 Å². The van der Waals surface area contributed by atoms with Gasteiger partial charge >= 0.3 is 6.03 Å². The molecule has 0 unspecified atom stereocenters. The second kappa shape index (κ2) is 8.09. The molecule has 1 aromatic carbocycles. The maximum absolute atomic E-state index is 13.2. The molecule has 8 heteroatoms. The summed E-state index contributed by atoms with van der Waals surface area (Å²) in [4.78, 5) is 27.1. The first kappa shape index (κ1) is 16.7. The number of carbonyl (C=O) groups excluding carboxylic acids is 2. The van der Waals surface area contributed by atoms with E-state index in [0.29, 0.717) is 5.69 Å². The van der Waals surface area contributed by atoms with E-state index in [0.717, 1.165) is 6.07 Å². The van der Waals surface area contributed by atoms with Crippen molar-refractivity contribution in [2.45, 2.75) is 6.42 Å². The number of aromatic nitrogens is 1. The van der Waals surface area contributed by atoms with Crippen LogP contribution in [0.5, 0.6) is 0 Å². The molecule has 1 heterocycles. The van der Waals surface area contributed by atoms with Crippen molar-refractivity contribution in [1.82, 2.24) is 10.3 Å². The molecule has 0 bridgehead atoms. The number of carbonyl (C=O) groups is 2. The number of rotatable bonds is 5. The van der Waals surface area contributed by atoms with Crippen molar-refractivity contribution in [2.24, 2.45) is 0 Å². The van der Waals surface area contributed by atoms with Gasteiger partial charge in [0.1, 0.15) is 5.82 Å². The van der Waals surface area contributed by atoms with Gasteiger partial charge in [-0.05, 0) is 30.3 Å². The third-order valence-corrected chi connectivity index (χ3v) is 3.09. The summed E-state index contributed by atoms with van der Waals surface area (Å²) in [6.45, 7) is 0.138. The second-order valence-corrected chi connectivity index (χ2v) is 4.95. The number of pyridine rings is 1. The van der Waals surface area contributed by atoms with Crippen molar-refractivity contribution in [2.75, 3.05) is 17.2 Å². The van der Waals surface area contributed by atoms with Crippen LogP contribution in [0.3, 0.4) is 0 Å². The fraction of sp³-hybridized carbons (Fsp3) is 0.133. The molecule has 2 aromatic rings. The molecule has 0 radical (unpaired) electrons. The van der Waals surface area contributed by atoms with Crippen molar-refractivity contribution in [3.63, 3.8) is 0 Å². The van der Waals surface area contributed by atoms with Crippen LogP contribution in [0.2, 0.25) is 5.02 Å². The summed E-state index contributed by atoms with van der Waals surface area (Å²) in [5.74, 6) is -0.866. The van der Waals surface area contributed by atoms with Gasteiger partial charge in [0.25, 0.3) is 0 Å². The number of nitrogens with one attached hydrogen (secondary N) is 3. The second-order valence-electron chi connectivity index (χ2n) is 4.54. The highest BCUT2D eigenvalue weighted by atomic mass is 35.5. The van der Waals surface area contributed by atoms with Crippen LogP contribution in [0.1, 0.15) is 6.42 Å². The highest BCUT2D eigenvalue weighted by molar-refractivity contribution is 6.30. The third kappa shape index (κ3) is 5.55. The number of urea groups is 1. The Morgan fingerprint density at radius 1 is 1.09 bits per heavy atom. The van der Waals surface area contributed by atoms with E-state index in [9.17, 15) is 14.0 Å². The predicted molar refractivity (Wildman–Crippen MR) is 85.9 cm³/mol. The molecule has 0 saturated carbocycles. The van der Waals surface area contributed by atoms with Crippen LogP contribution in [0.15, 0.2) is 42.7 Å². The Morgan fingerprint density at radius 2 is 1.83 bits per heavy atom. The number of halogens is 2. The molecule has 120 valence electrons. The Hall–Kier alpha value is -2.67. The smallest absolute Gasteiger partial charge is 0.319 e. The largest absolute Gasteiger partial charge is 0.337 e. The highest BCUT2D eigenvalue weighted by Gasteiger charge is 2.06. The Labute approximate surface area is 137 Å². The zero-order valence-corrected chi connectivity index (χ0v) is 12.7. The van der Waals surface area contributed by atoms with E-state index >= 15 is 0 Å². The Balaban J connectivity index is 1.72. The summed E-state index contributed by atoms with van der Waals surface area (Å²) in [5, 5.41) is 7.59. The third-order valence-electron chi connectivity index (χ3n) is 2.78. The summed E-state index contributed by atoms with van der Waals surface area (Å²) < 4.78 is 13.2. The molecule has 0 spiro atoms. The van der Waals surface area contributed by atoms with E-state index in [1.54, 1.807) is 24.5 Å². The van der Waals surface area contributed by atoms with E-state index in [2.05, 4.69) is 20.9 Å². The van der Waals surface area contributed by atoms with Gasteiger partial charge in [0.05, 0.1) is 5.02 Å². The minimum absolute atomic E-state index is 0.0243. The number of amides is 3. The van der Waals surface area contributed by atoms with Crippen LogP contribution in [0.25, 0.3) is 0 Å². The van der Waals surface area contributed by atoms with Crippen LogP contribution < -0.4 is 16.0 Å². The van der Waals surface area contributed by atoms with E-state index in [-0.39, 0.29) is 29.6 Å². The Morgan fingerprint density at radius 3 is 2.52 bits per heavy atom. The lowest BCUT2D eigenvalue weighted by Crippen LogP contribution is -2.31. The van der Waals surface area contributed by atoms with E-state index in [1.807, 2.05) is 0 Å². The zero-order chi connectivity index (χ0) is 16.7. The van der Waals surface area contributed by atoms with Gasteiger partial charge in [-0.1, -0.05) is 11.6 Å². The molecule has 0 saturated heterocycles. The first-order valence-corrected chi connectivity index (χ1v) is 7.12. The number of hydrogen-bond donors (Lipinski definition) is 3. The average Bonchev–Trinajstić information content (AvgIpc) is 2.52. The van der Waals surface area contributed by atoms with E-state index < -0.39 is 11.8 Å². The number of benzene rings is 1. The average molecular weight is 337 g/mol. The van der Waals surface area contributed by atoms with Crippen molar-refractivity contribution in [1.29, 1.82) is 0 Å². The van der Waals surface area contributed by atoms with Gasteiger partial charge in [0.15, 0.2) is 0 Å². The fourth-order valence-corrected chi connectivity index (χ4v) is 1.82. The zero-order valence-electron chi connectivity index (χ0n) is 12.0. The minimum Gasteiger partial charge on any atom is -0.337 e. The molecular formula is C15H14ClFN4O2. The van der Waals surface area contributed by atoms with Crippen LogP contribution >= 0.6 is 11.6 Å². The molecule has 3 N–H and O–H groups in total. The minimum atomic E-state index is -0.624. The van der Waals surface area contributed by atoms with Gasteiger partial charge < -0.3 is 16.0 Å². The monoisotopic (exact) mass is 336 g/mol. The lowest BCUT2D eigenvalue weighted by Gasteiger charge is -2.08. The summed E-state index contributed by atoms with van der Waals surface area (Å²) in [5.41, 5.74) is 0.900. The van der Waals surface area contributed by atoms with Gasteiger partial charge in [0, 0.05) is 36.7 Å². The Bertz CT molecular complexity index is 697. The Kier molecular flexibility index (Phi) is 5.87. The number of anilines is 2. The normalized spacial score (nSPS) is 10.0. The molecule has 0 aliphatic carbocycles. The lowest BCUT2D eigenvalue weighted by molar-refractivity contribution is -0.116. The molecule has 23 heavy (non-hydrogen) atoms. The molecule has 3 amide bonds. The van der Waals surface area contributed by atoms with Gasteiger partial charge in [-0.25, -0.2) is 9.18 Å². The van der Waals surface area contributed by atoms with Crippen molar-refractivity contribution >= 4 is 34.9 Å². The number of nitrogens with zero attached hydrogens (tertiary/aromatic N) is 1. The first-order chi connectivity index (χ1) is 11.0. The topological polar surface area (TPSA) is 83.1 Å². The molecule has 0 aliphatic rings. The van der Waals surface area contributed by atoms with Crippen molar-refractivity contribution < 1.29 is 14.0 Å². The molecule has 0 aliphatic heterocycles. The van der Waals surface area contributed by atoms with E-state index in [4.69, 9.17) is 11.6 Å². The van der Waals surface area contributed by atoms with Gasteiger partial charge in [-0.15, -0.1) is 0 Å². The molecule has 0 atom stereocenters. The van der Waals surface area contributed by atoms with Crippen LogP contribution in [-0.2, 0) is 4.79 Å². The maximum Gasteiger partial charge on any atom is 0.319 e. The first-order valence-electron chi connectivity index (χ1n) is 6.74. The van der Waals surface area contributed by atoms with Gasteiger partial charge in [0.2, 0.25) is 5.91 Å². The summed E-state index contributed by atoms with van der Waals surface area (Å²) in [7, 11) is 0. The van der Waals surface area contributed by atoms with Crippen molar-refractivity contribution in [3.8, 4) is 0 Å². The van der Waals surface area contributed by atoms with Crippen LogP contribution in [-0.4, -0.2) is 23.5 Å². The molecule has 0 fully saturated rings. The predicted octanol–water partition coefficient (Wildman–Crippen LogP) is 3.02. The number of hydrogen-bond acceptors (Lipinski definition) is 3. The summed E-state index contributed by atoms with van der Waals surface area (Å²) in [6, 6.07) is 6.71. The summed E-state index contributed by atoms with van der Waals surface area (Å²) in [6.07, 6.45) is 3.23. The summed E-state index contributed by atoms with van der Waals surface area (Å²) >= 11 is 5.55. The van der Waals surface area contributed by atoms with Gasteiger partial charge in [-0.3, -0.25) is 9.78 Å². The lowest BCUT2D eigenvalue weighted by atomic mass is 10.3. The van der Waals surface area contributed by atoms with Crippen LogP contribution in [0.4, 0.5) is 20.6 Å². The maximum atomic E-state index is 13.2. The highest BCUT2D eigenvalue weighted by Crippen LogP contribution is 2.18. The van der Waals surface area contributed by atoms with Gasteiger partial charge in [-0.2, -0.15) is 0 Å². The molecule has 6 nitrogen and oxygen atoms in total. The van der Waals surface area contributed by atoms with E-state index in [1.165, 1.54) is 12.1 Å². The SMILES string of the molecule is O=C(CCNC(=O)Nc1ccc(Cl)c(F)c1)Nc1ccncc1. The molecule has 2 rings (SSSR count). The molecular weight excluding hydrogens is 323 g/mol. The van der Waals surface area contributed by atoms with Crippen molar-refractivity contribution in [3.05, 3.63) is 53.6 Å². The quantitative estimate of drug-likeness (QED) is 0.784. The fourth-order valence-electron chi connectivity index (χ4n) is 1.70. The standard InChI is InChI=1S/C15H14ClFN4O2/c16-12-2-1-11(9-13(12)17)21-15(23)19-8-5-14(22)20-10-3-6-18-7-4-10/h1-4,6-7,9H,5,8H2,(H,18,20,22)(H2,19,21,23).